The summed E-state index contributed by atoms with van der Waals surface area (Å²) in [6.45, 7) is 2.92. The van der Waals surface area contributed by atoms with Gasteiger partial charge >= 0.3 is 29.6 Å². The van der Waals surface area contributed by atoms with Crippen molar-refractivity contribution in [3.63, 3.8) is 0 Å². The van der Waals surface area contributed by atoms with E-state index in [0.717, 1.165) is 29.8 Å². The van der Waals surface area contributed by atoms with Crippen molar-refractivity contribution >= 4 is 21.5 Å². The molecule has 0 saturated heterocycles. The van der Waals surface area contributed by atoms with Crippen LogP contribution in [0.1, 0.15) is 76.7 Å². The molecule has 32 heavy (non-hydrogen) atoms. The van der Waals surface area contributed by atoms with E-state index in [2.05, 4.69) is 29.3 Å². The van der Waals surface area contributed by atoms with Crippen molar-refractivity contribution < 1.29 is 42.5 Å². The van der Waals surface area contributed by atoms with Crippen molar-refractivity contribution in [3.8, 4) is 0 Å². The van der Waals surface area contributed by atoms with E-state index in [1.165, 1.54) is 63.5 Å². The first-order valence-corrected chi connectivity index (χ1v) is 13.1. The Bertz CT molecular complexity index is 922. The fraction of sp³-hybridized carbons (Fsp3) is 0.520. The summed E-state index contributed by atoms with van der Waals surface area (Å²) in [7, 11) is -4.48. The van der Waals surface area contributed by atoms with E-state index in [-0.39, 0.29) is 40.6 Å². The van der Waals surface area contributed by atoms with Crippen molar-refractivity contribution in [1.29, 1.82) is 0 Å². The van der Waals surface area contributed by atoms with Crippen LogP contribution in [0.25, 0.3) is 0 Å². The average molecular weight is 467 g/mol. The number of hydrogen-bond acceptors (Lipinski definition) is 5. The molecule has 5 nitrogen and oxygen atoms in total. The maximum Gasteiger partial charge on any atom is 1.00 e. The van der Waals surface area contributed by atoms with Gasteiger partial charge in [-0.1, -0.05) is 88.6 Å². The zero-order chi connectivity index (χ0) is 22.1. The Kier molecular flexibility index (Phi) is 11.6. The van der Waals surface area contributed by atoms with Crippen LogP contribution in [0.15, 0.2) is 53.4 Å². The van der Waals surface area contributed by atoms with Crippen molar-refractivity contribution in [1.82, 2.24) is 0 Å². The molecule has 1 aliphatic rings. The van der Waals surface area contributed by atoms with E-state index in [4.69, 9.17) is 0 Å². The molecule has 0 amide bonds. The van der Waals surface area contributed by atoms with Crippen molar-refractivity contribution in [3.05, 3.63) is 54.1 Å². The minimum atomic E-state index is -4.48. The molecule has 1 N–H and O–H groups in total. The maximum atomic E-state index is 11.5. The first-order valence-electron chi connectivity index (χ1n) is 11.7. The number of fused-ring (bicyclic) bond motifs is 1. The molecule has 1 aliphatic heterocycles. The number of nitrogens with zero attached hydrogens (tertiary/aromatic N) is 1. The average Bonchev–Trinajstić information content (AvgIpc) is 3.09. The smallest absolute Gasteiger partial charge is 0.744 e. The van der Waals surface area contributed by atoms with Crippen LogP contribution in [-0.4, -0.2) is 19.1 Å². The molecule has 0 aliphatic carbocycles. The second-order valence-corrected chi connectivity index (χ2v) is 9.90. The molecule has 0 aromatic heterocycles. The zero-order valence-corrected chi connectivity index (χ0v) is 22.4. The van der Waals surface area contributed by atoms with Gasteiger partial charge in [-0.15, -0.1) is 0 Å². The van der Waals surface area contributed by atoms with Crippen LogP contribution >= 0.6 is 0 Å². The van der Waals surface area contributed by atoms with Gasteiger partial charge in [-0.3, -0.25) is 0 Å². The summed E-state index contributed by atoms with van der Waals surface area (Å²) in [6, 6.07) is 14.8. The third-order valence-corrected chi connectivity index (χ3v) is 6.87. The van der Waals surface area contributed by atoms with Gasteiger partial charge in [0.15, 0.2) is 0 Å². The summed E-state index contributed by atoms with van der Waals surface area (Å²) < 4.78 is 34.6. The molecule has 1 atom stereocenters. The summed E-state index contributed by atoms with van der Waals surface area (Å²) in [5.74, 6) is 0. The van der Waals surface area contributed by atoms with Gasteiger partial charge in [0.25, 0.3) is 0 Å². The summed E-state index contributed by atoms with van der Waals surface area (Å²) in [4.78, 5) is 2.03. The summed E-state index contributed by atoms with van der Waals surface area (Å²) >= 11 is 0. The van der Waals surface area contributed by atoms with E-state index < -0.39 is 10.1 Å². The minimum Gasteiger partial charge on any atom is -0.744 e. The van der Waals surface area contributed by atoms with E-state index >= 15 is 0 Å². The number of hydrogen-bond donors (Lipinski definition) is 1. The molecule has 2 aromatic rings. The molecule has 0 radical (unpaired) electrons. The molecule has 3 rings (SSSR count). The standard InChI is InChI=1S/C25H36N2O3S.Na/c1-2-3-4-5-6-7-8-9-13-16-25-26-23-18-17-22(31(28,29)30)19-24(23)27(25)20-21-14-11-10-12-15-21;/h10-12,14-15,17-19,25-26H,2-9,13,16,20H2,1H3,(H,28,29,30);/q;+1/p-1. The predicted molar refractivity (Wildman–Crippen MR) is 126 cm³/mol. The van der Waals surface area contributed by atoms with Gasteiger partial charge < -0.3 is 14.8 Å². The van der Waals surface area contributed by atoms with Gasteiger partial charge in [0.1, 0.15) is 10.1 Å². The molecule has 0 saturated carbocycles. The Labute approximate surface area is 216 Å². The number of rotatable bonds is 13. The molecule has 170 valence electrons. The second kappa shape index (κ2) is 13.6. The van der Waals surface area contributed by atoms with Gasteiger partial charge in [0.05, 0.1) is 22.4 Å². The van der Waals surface area contributed by atoms with Gasteiger partial charge in [-0.2, -0.15) is 0 Å². The molecular weight excluding hydrogens is 431 g/mol. The summed E-state index contributed by atoms with van der Waals surface area (Å²) in [5.41, 5.74) is 2.84. The Hall–Kier alpha value is -1.05. The van der Waals surface area contributed by atoms with E-state index in [1.807, 2.05) is 18.2 Å². The first kappa shape index (κ1) is 27.2. The normalized spacial score (nSPS) is 15.2. The fourth-order valence-corrected chi connectivity index (χ4v) is 4.79. The Morgan fingerprint density at radius 3 is 2.16 bits per heavy atom. The predicted octanol–water partition coefficient (Wildman–Crippen LogP) is 3.27. The first-order chi connectivity index (χ1) is 15.0. The van der Waals surface area contributed by atoms with E-state index in [1.54, 1.807) is 6.07 Å². The van der Waals surface area contributed by atoms with E-state index in [0.29, 0.717) is 6.54 Å². The quantitative estimate of drug-likeness (QED) is 0.279. The molecule has 2 aromatic carbocycles. The number of benzene rings is 2. The Balaban J connectivity index is 0.00000363. The summed E-state index contributed by atoms with van der Waals surface area (Å²) in [6.07, 6.45) is 12.7. The number of unbranched alkanes of at least 4 members (excludes halogenated alkanes) is 8. The van der Waals surface area contributed by atoms with Crippen molar-refractivity contribution in [2.24, 2.45) is 0 Å². The van der Waals surface area contributed by atoms with Crippen LogP contribution in [-0.2, 0) is 16.7 Å². The van der Waals surface area contributed by atoms with Gasteiger partial charge in [0.2, 0.25) is 0 Å². The maximum absolute atomic E-state index is 11.5. The number of anilines is 2. The largest absolute Gasteiger partial charge is 1.00 e. The van der Waals surface area contributed by atoms with Crippen LogP contribution in [0.5, 0.6) is 0 Å². The number of nitrogens with one attached hydrogen (secondary N) is 1. The van der Waals surface area contributed by atoms with Crippen LogP contribution in [0.4, 0.5) is 11.4 Å². The third-order valence-electron chi connectivity index (χ3n) is 6.04. The molecule has 0 fully saturated rings. The monoisotopic (exact) mass is 466 g/mol. The van der Waals surface area contributed by atoms with Crippen LogP contribution in [0, 0.1) is 0 Å². The fourth-order valence-electron chi connectivity index (χ4n) is 4.30. The summed E-state index contributed by atoms with van der Waals surface area (Å²) in [5, 5.41) is 3.54. The second-order valence-electron chi connectivity index (χ2n) is 8.52. The molecule has 0 bridgehead atoms. The third kappa shape index (κ3) is 8.07. The molecule has 0 spiro atoms. The van der Waals surface area contributed by atoms with Crippen LogP contribution < -0.4 is 39.8 Å². The van der Waals surface area contributed by atoms with Crippen LogP contribution in [0.2, 0.25) is 0 Å². The topological polar surface area (TPSA) is 72.5 Å². The Morgan fingerprint density at radius 2 is 1.53 bits per heavy atom. The van der Waals surface area contributed by atoms with E-state index in [9.17, 15) is 13.0 Å². The van der Waals surface area contributed by atoms with Crippen molar-refractivity contribution in [2.45, 2.75) is 88.7 Å². The Morgan fingerprint density at radius 1 is 0.906 bits per heavy atom. The zero-order valence-electron chi connectivity index (χ0n) is 19.6. The molecule has 1 heterocycles. The van der Waals surface area contributed by atoms with Gasteiger partial charge in [0, 0.05) is 6.54 Å². The van der Waals surface area contributed by atoms with Crippen molar-refractivity contribution in [2.75, 3.05) is 10.2 Å². The van der Waals surface area contributed by atoms with Gasteiger partial charge in [-0.25, -0.2) is 8.42 Å². The van der Waals surface area contributed by atoms with Gasteiger partial charge in [-0.05, 0) is 36.6 Å². The minimum absolute atomic E-state index is 0. The van der Waals surface area contributed by atoms with Crippen LogP contribution in [0.3, 0.4) is 0 Å². The molecule has 1 unspecified atom stereocenters. The molecule has 7 heteroatoms. The SMILES string of the molecule is CCCCCCCCCCCC1Nc2ccc(S(=O)(=O)[O-])cc2N1Cc1ccccc1.[Na+]. The molecular formula is C25H35N2NaO3S.